The molecule has 5 rings (SSSR count). The molecule has 0 aliphatic carbocycles. The highest BCUT2D eigenvalue weighted by molar-refractivity contribution is 6.32. The van der Waals surface area contributed by atoms with Crippen molar-refractivity contribution in [1.29, 1.82) is 0 Å². The normalized spacial score (nSPS) is 15.4. The Morgan fingerprint density at radius 1 is 0.882 bits per heavy atom. The number of nitrogens with one attached hydrogen (secondary N) is 1. The number of halogens is 3. The highest BCUT2D eigenvalue weighted by Gasteiger charge is 2.19. The Labute approximate surface area is 214 Å². The number of pyridine rings is 1. The zero-order valence-electron chi connectivity index (χ0n) is 18.5. The highest BCUT2D eigenvalue weighted by atomic mass is 35.5. The summed E-state index contributed by atoms with van der Waals surface area (Å²) in [6.07, 6.45) is 1.79. The number of rotatable bonds is 6. The molecular formula is C27H24Cl3N3O. The lowest BCUT2D eigenvalue weighted by Crippen LogP contribution is -2.35. The molecule has 1 aromatic heterocycles. The molecule has 0 radical (unpaired) electrons. The number of benzene rings is 3. The Bertz CT molecular complexity index is 1310. The molecule has 3 aromatic carbocycles. The maximum atomic E-state index is 6.79. The Morgan fingerprint density at radius 3 is 2.47 bits per heavy atom. The van der Waals surface area contributed by atoms with E-state index in [0.717, 1.165) is 71.2 Å². The minimum atomic E-state index is -0.157. The maximum absolute atomic E-state index is 6.79. The van der Waals surface area contributed by atoms with Crippen molar-refractivity contribution in [2.45, 2.75) is 12.6 Å². The first-order chi connectivity index (χ1) is 16.6. The Morgan fingerprint density at radius 2 is 1.68 bits per heavy atom. The smallest absolute Gasteiger partial charge is 0.0768 e. The summed E-state index contributed by atoms with van der Waals surface area (Å²) in [6, 6.07) is 21.8. The number of anilines is 1. The van der Waals surface area contributed by atoms with Gasteiger partial charge in [-0.3, -0.25) is 9.88 Å². The van der Waals surface area contributed by atoms with Crippen LogP contribution in [0.25, 0.3) is 10.9 Å². The summed E-state index contributed by atoms with van der Waals surface area (Å²) < 4.78 is 5.47. The maximum Gasteiger partial charge on any atom is 0.0768 e. The molecule has 174 valence electrons. The van der Waals surface area contributed by atoms with E-state index in [-0.39, 0.29) is 6.04 Å². The second kappa shape index (κ2) is 10.5. The van der Waals surface area contributed by atoms with E-state index in [4.69, 9.17) is 39.5 Å². The van der Waals surface area contributed by atoms with E-state index < -0.39 is 0 Å². The second-order valence-electron chi connectivity index (χ2n) is 8.39. The fourth-order valence-electron chi connectivity index (χ4n) is 4.32. The minimum absolute atomic E-state index is 0.157. The van der Waals surface area contributed by atoms with Crippen LogP contribution in [0.2, 0.25) is 15.1 Å². The van der Waals surface area contributed by atoms with Crippen LogP contribution in [0.3, 0.4) is 0 Å². The van der Waals surface area contributed by atoms with Gasteiger partial charge in [0, 0.05) is 52.0 Å². The summed E-state index contributed by atoms with van der Waals surface area (Å²) in [5.41, 5.74) is 5.00. The van der Waals surface area contributed by atoms with Crippen molar-refractivity contribution in [3.63, 3.8) is 0 Å². The molecular weight excluding hydrogens is 489 g/mol. The molecule has 0 bridgehead atoms. The number of aromatic nitrogens is 1. The van der Waals surface area contributed by atoms with Crippen LogP contribution in [0.1, 0.15) is 22.7 Å². The average Bonchev–Trinajstić information content (AvgIpc) is 2.84. The number of morpholine rings is 1. The van der Waals surface area contributed by atoms with Crippen LogP contribution in [0, 0.1) is 0 Å². The molecule has 1 N–H and O–H groups in total. The van der Waals surface area contributed by atoms with Gasteiger partial charge in [-0.2, -0.15) is 0 Å². The van der Waals surface area contributed by atoms with E-state index in [1.165, 1.54) is 0 Å². The zero-order chi connectivity index (χ0) is 23.5. The quantitative estimate of drug-likeness (QED) is 0.296. The molecule has 0 spiro atoms. The van der Waals surface area contributed by atoms with Crippen LogP contribution in [0.5, 0.6) is 0 Å². The van der Waals surface area contributed by atoms with Gasteiger partial charge in [0.05, 0.1) is 24.8 Å². The molecule has 0 saturated carbocycles. The summed E-state index contributed by atoms with van der Waals surface area (Å²) in [5.74, 6) is 0. The van der Waals surface area contributed by atoms with E-state index >= 15 is 0 Å². The van der Waals surface area contributed by atoms with Crippen LogP contribution >= 0.6 is 34.8 Å². The largest absolute Gasteiger partial charge is 0.379 e. The predicted octanol–water partition coefficient (Wildman–Crippen LogP) is 7.23. The molecule has 4 nitrogen and oxygen atoms in total. The fourth-order valence-corrected chi connectivity index (χ4v) is 4.93. The van der Waals surface area contributed by atoms with Crippen molar-refractivity contribution < 1.29 is 4.74 Å². The zero-order valence-corrected chi connectivity index (χ0v) is 20.7. The summed E-state index contributed by atoms with van der Waals surface area (Å²) >= 11 is 19.3. The van der Waals surface area contributed by atoms with Gasteiger partial charge < -0.3 is 10.1 Å². The fraction of sp³-hybridized carbons (Fsp3) is 0.222. The third-order valence-corrected chi connectivity index (χ3v) is 6.92. The van der Waals surface area contributed by atoms with Crippen LogP contribution in [-0.4, -0.2) is 36.2 Å². The van der Waals surface area contributed by atoms with Gasteiger partial charge in [0.15, 0.2) is 0 Å². The van der Waals surface area contributed by atoms with Crippen molar-refractivity contribution in [3.05, 3.63) is 105 Å². The van der Waals surface area contributed by atoms with Crippen LogP contribution in [0.15, 0.2) is 72.9 Å². The molecule has 1 aliphatic heterocycles. The molecule has 1 aliphatic rings. The molecule has 1 saturated heterocycles. The summed E-state index contributed by atoms with van der Waals surface area (Å²) in [7, 11) is 0. The molecule has 4 aromatic rings. The molecule has 0 amide bonds. The standard InChI is InChI=1S/C27H24Cl3N3O/c28-21-3-1-2-18(14-21)27(32-25-8-9-31-26-16-22(29)6-7-23(25)26)19-4-5-20(24(30)15-19)17-33-10-12-34-13-11-33/h1-9,14-16,27H,10-13,17H2,(H,31,32). The van der Waals surface area contributed by atoms with Gasteiger partial charge in [0.25, 0.3) is 0 Å². The minimum Gasteiger partial charge on any atom is -0.379 e. The van der Waals surface area contributed by atoms with Gasteiger partial charge in [-0.15, -0.1) is 0 Å². The number of nitrogens with zero attached hydrogens (tertiary/aromatic N) is 2. The first kappa shape index (κ1) is 23.4. The molecule has 2 heterocycles. The van der Waals surface area contributed by atoms with Gasteiger partial charge in [0.2, 0.25) is 0 Å². The van der Waals surface area contributed by atoms with Gasteiger partial charge in [-0.1, -0.05) is 59.1 Å². The van der Waals surface area contributed by atoms with E-state index in [9.17, 15) is 0 Å². The summed E-state index contributed by atoms with van der Waals surface area (Å²) in [4.78, 5) is 6.84. The van der Waals surface area contributed by atoms with Crippen LogP contribution in [-0.2, 0) is 11.3 Å². The summed E-state index contributed by atoms with van der Waals surface area (Å²) in [6.45, 7) is 4.18. The van der Waals surface area contributed by atoms with E-state index in [1.54, 1.807) is 6.20 Å². The first-order valence-corrected chi connectivity index (χ1v) is 12.3. The Kier molecular flexibility index (Phi) is 7.23. The van der Waals surface area contributed by atoms with Gasteiger partial charge in [-0.05, 0) is 59.2 Å². The van der Waals surface area contributed by atoms with Crippen molar-refractivity contribution in [2.24, 2.45) is 0 Å². The first-order valence-electron chi connectivity index (χ1n) is 11.2. The third-order valence-electron chi connectivity index (χ3n) is 6.09. The molecule has 34 heavy (non-hydrogen) atoms. The second-order valence-corrected chi connectivity index (χ2v) is 9.67. The molecule has 7 heteroatoms. The third kappa shape index (κ3) is 5.32. The Balaban J connectivity index is 1.50. The number of fused-ring (bicyclic) bond motifs is 1. The SMILES string of the molecule is Clc1cccc(C(Nc2ccnc3cc(Cl)ccc23)c2ccc(CN3CCOCC3)c(Cl)c2)c1. The van der Waals surface area contributed by atoms with E-state index in [1.807, 2.05) is 42.5 Å². The highest BCUT2D eigenvalue weighted by Crippen LogP contribution is 2.34. The van der Waals surface area contributed by atoms with Gasteiger partial charge in [-0.25, -0.2) is 0 Å². The average molecular weight is 513 g/mol. The monoisotopic (exact) mass is 511 g/mol. The number of hydrogen-bond acceptors (Lipinski definition) is 4. The number of hydrogen-bond donors (Lipinski definition) is 1. The van der Waals surface area contributed by atoms with E-state index in [0.29, 0.717) is 10.0 Å². The Hall–Kier alpha value is -2.34. The van der Waals surface area contributed by atoms with Crippen molar-refractivity contribution >= 4 is 51.4 Å². The van der Waals surface area contributed by atoms with Gasteiger partial charge in [0.1, 0.15) is 0 Å². The number of ether oxygens (including phenoxy) is 1. The lowest BCUT2D eigenvalue weighted by molar-refractivity contribution is 0.0342. The molecule has 1 unspecified atom stereocenters. The van der Waals surface area contributed by atoms with Crippen molar-refractivity contribution in [1.82, 2.24) is 9.88 Å². The molecule has 1 atom stereocenters. The van der Waals surface area contributed by atoms with Crippen molar-refractivity contribution in [3.8, 4) is 0 Å². The van der Waals surface area contributed by atoms with Crippen LogP contribution < -0.4 is 5.32 Å². The van der Waals surface area contributed by atoms with Crippen LogP contribution in [0.4, 0.5) is 5.69 Å². The lowest BCUT2D eigenvalue weighted by atomic mass is 9.96. The topological polar surface area (TPSA) is 37.4 Å². The lowest BCUT2D eigenvalue weighted by Gasteiger charge is -2.27. The van der Waals surface area contributed by atoms with Gasteiger partial charge >= 0.3 is 0 Å². The van der Waals surface area contributed by atoms with Crippen molar-refractivity contribution in [2.75, 3.05) is 31.6 Å². The van der Waals surface area contributed by atoms with E-state index in [2.05, 4.69) is 39.5 Å². The molecule has 1 fully saturated rings. The predicted molar refractivity (Wildman–Crippen MR) is 141 cm³/mol. The summed E-state index contributed by atoms with van der Waals surface area (Å²) in [5, 5.41) is 6.79.